The summed E-state index contributed by atoms with van der Waals surface area (Å²) in [7, 11) is 1.76. The van der Waals surface area contributed by atoms with Gasteiger partial charge < -0.3 is 15.5 Å². The van der Waals surface area contributed by atoms with E-state index >= 15 is 0 Å². The van der Waals surface area contributed by atoms with Crippen LogP contribution in [0.1, 0.15) is 22.8 Å². The normalized spacial score (nSPS) is 17.2. The minimum atomic E-state index is -0.817. The number of allylic oxidation sites excluding steroid dienone is 1. The number of rotatable bonds is 4. The lowest BCUT2D eigenvalue weighted by Gasteiger charge is -2.20. The molecule has 0 amide bonds. The molecule has 3 heteroatoms. The predicted octanol–water partition coefficient (Wildman–Crippen LogP) is 0.870. The predicted molar refractivity (Wildman–Crippen MR) is 64.1 cm³/mol. The molecule has 0 fully saturated rings. The highest BCUT2D eigenvalue weighted by Gasteiger charge is 2.22. The summed E-state index contributed by atoms with van der Waals surface area (Å²) in [6, 6.07) is 5.83. The minimum Gasteiger partial charge on any atom is -0.389 e. The highest BCUT2D eigenvalue weighted by molar-refractivity contribution is 5.62. The molecular weight excluding hydrogens is 202 g/mol. The van der Waals surface area contributed by atoms with Crippen LogP contribution in [0.2, 0.25) is 0 Å². The number of benzene rings is 1. The molecule has 0 bridgehead atoms. The van der Waals surface area contributed by atoms with E-state index in [4.69, 9.17) is 0 Å². The molecule has 1 aliphatic carbocycles. The van der Waals surface area contributed by atoms with Crippen molar-refractivity contribution >= 4 is 6.08 Å². The fourth-order valence-electron chi connectivity index (χ4n) is 2.12. The van der Waals surface area contributed by atoms with Gasteiger partial charge in [-0.1, -0.05) is 30.4 Å². The van der Waals surface area contributed by atoms with Gasteiger partial charge >= 0.3 is 0 Å². The molecular formula is C13H17NO2. The first-order valence-electron chi connectivity index (χ1n) is 5.53. The van der Waals surface area contributed by atoms with E-state index in [-0.39, 0.29) is 0 Å². The number of aliphatic hydroxyl groups excluding tert-OH is 2. The van der Waals surface area contributed by atoms with Gasteiger partial charge in [0.15, 0.2) is 0 Å². The average molecular weight is 219 g/mol. The fraction of sp³-hybridized carbons (Fsp3) is 0.385. The zero-order valence-corrected chi connectivity index (χ0v) is 9.35. The van der Waals surface area contributed by atoms with E-state index in [1.807, 2.05) is 18.2 Å². The Labute approximate surface area is 95.4 Å². The summed E-state index contributed by atoms with van der Waals surface area (Å²) in [4.78, 5) is 0. The van der Waals surface area contributed by atoms with Crippen molar-refractivity contribution in [1.82, 2.24) is 5.32 Å². The van der Waals surface area contributed by atoms with E-state index in [0.29, 0.717) is 6.54 Å². The van der Waals surface area contributed by atoms with Crippen LogP contribution in [0, 0.1) is 0 Å². The van der Waals surface area contributed by atoms with E-state index in [0.717, 1.165) is 23.1 Å². The summed E-state index contributed by atoms with van der Waals surface area (Å²) in [5.74, 6) is 0. The molecule has 3 N–H and O–H groups in total. The molecule has 16 heavy (non-hydrogen) atoms. The molecule has 1 aromatic rings. The Morgan fingerprint density at radius 1 is 1.38 bits per heavy atom. The number of hydrogen-bond acceptors (Lipinski definition) is 3. The van der Waals surface area contributed by atoms with Gasteiger partial charge in [-0.05, 0) is 30.2 Å². The summed E-state index contributed by atoms with van der Waals surface area (Å²) in [6.07, 6.45) is 3.38. The second-order valence-corrected chi connectivity index (χ2v) is 4.09. The van der Waals surface area contributed by atoms with Crippen LogP contribution in [-0.2, 0) is 6.42 Å². The molecule has 1 aromatic carbocycles. The molecule has 2 rings (SSSR count). The van der Waals surface area contributed by atoms with Gasteiger partial charge in [0.05, 0.1) is 6.10 Å². The third-order valence-electron chi connectivity index (χ3n) is 2.96. The Morgan fingerprint density at radius 2 is 2.19 bits per heavy atom. The maximum absolute atomic E-state index is 10.1. The lowest BCUT2D eigenvalue weighted by molar-refractivity contribution is 0.0198. The van der Waals surface area contributed by atoms with Gasteiger partial charge in [0, 0.05) is 6.54 Å². The summed E-state index contributed by atoms with van der Waals surface area (Å²) < 4.78 is 0. The number of nitrogens with one attached hydrogen (secondary N) is 1. The maximum Gasteiger partial charge on any atom is 0.106 e. The molecule has 86 valence electrons. The monoisotopic (exact) mass is 219 g/mol. The average Bonchev–Trinajstić information content (AvgIpc) is 2.76. The van der Waals surface area contributed by atoms with Crippen molar-refractivity contribution in [3.8, 4) is 0 Å². The molecule has 0 radical (unpaired) electrons. The summed E-state index contributed by atoms with van der Waals surface area (Å²) >= 11 is 0. The zero-order chi connectivity index (χ0) is 11.5. The second kappa shape index (κ2) is 4.78. The standard InChI is InChI=1S/C13H17NO2/c1-14-8-12(15)13(16)11-7-3-5-9-4-2-6-10(9)11/h2-5,7,12-16H,6,8H2,1H3. The first-order chi connectivity index (χ1) is 7.74. The van der Waals surface area contributed by atoms with E-state index < -0.39 is 12.2 Å². The first kappa shape index (κ1) is 11.3. The van der Waals surface area contributed by atoms with Crippen molar-refractivity contribution < 1.29 is 10.2 Å². The number of hydrogen-bond donors (Lipinski definition) is 3. The Balaban J connectivity index is 2.25. The lowest BCUT2D eigenvalue weighted by atomic mass is 9.95. The van der Waals surface area contributed by atoms with Gasteiger partial charge in [-0.2, -0.15) is 0 Å². The highest BCUT2D eigenvalue weighted by Crippen LogP contribution is 2.28. The van der Waals surface area contributed by atoms with E-state index in [1.165, 1.54) is 0 Å². The van der Waals surface area contributed by atoms with Gasteiger partial charge in [0.25, 0.3) is 0 Å². The molecule has 0 aromatic heterocycles. The van der Waals surface area contributed by atoms with Gasteiger partial charge in [-0.3, -0.25) is 0 Å². The van der Waals surface area contributed by atoms with E-state index in [2.05, 4.69) is 17.5 Å². The van der Waals surface area contributed by atoms with Crippen molar-refractivity contribution in [1.29, 1.82) is 0 Å². The van der Waals surface area contributed by atoms with Crippen LogP contribution in [0.3, 0.4) is 0 Å². The molecule has 1 aliphatic rings. The molecule has 2 unspecified atom stereocenters. The van der Waals surface area contributed by atoms with E-state index in [1.54, 1.807) is 7.05 Å². The molecule has 0 saturated heterocycles. The van der Waals surface area contributed by atoms with Gasteiger partial charge in [0.2, 0.25) is 0 Å². The van der Waals surface area contributed by atoms with Gasteiger partial charge in [-0.15, -0.1) is 0 Å². The largest absolute Gasteiger partial charge is 0.389 e. The van der Waals surface area contributed by atoms with Crippen LogP contribution in [0.5, 0.6) is 0 Å². The Morgan fingerprint density at radius 3 is 2.94 bits per heavy atom. The number of fused-ring (bicyclic) bond motifs is 1. The zero-order valence-electron chi connectivity index (χ0n) is 9.35. The van der Waals surface area contributed by atoms with Crippen molar-refractivity contribution in [3.05, 3.63) is 41.0 Å². The molecule has 0 aliphatic heterocycles. The van der Waals surface area contributed by atoms with Crippen LogP contribution >= 0.6 is 0 Å². The summed E-state index contributed by atoms with van der Waals surface area (Å²) in [5.41, 5.74) is 3.11. The van der Waals surface area contributed by atoms with Gasteiger partial charge in [0.1, 0.15) is 6.10 Å². The number of likely N-dealkylation sites (N-methyl/N-ethyl adjacent to an activating group) is 1. The summed E-state index contributed by atoms with van der Waals surface area (Å²) in [5, 5.41) is 22.7. The van der Waals surface area contributed by atoms with Crippen molar-refractivity contribution in [3.63, 3.8) is 0 Å². The van der Waals surface area contributed by atoms with Crippen molar-refractivity contribution in [2.75, 3.05) is 13.6 Å². The Kier molecular flexibility index (Phi) is 3.39. The van der Waals surface area contributed by atoms with Crippen LogP contribution < -0.4 is 5.32 Å². The quantitative estimate of drug-likeness (QED) is 0.704. The minimum absolute atomic E-state index is 0.387. The summed E-state index contributed by atoms with van der Waals surface area (Å²) in [6.45, 7) is 0.387. The van der Waals surface area contributed by atoms with Crippen LogP contribution in [0.15, 0.2) is 24.3 Å². The van der Waals surface area contributed by atoms with Gasteiger partial charge in [-0.25, -0.2) is 0 Å². The lowest BCUT2D eigenvalue weighted by Crippen LogP contribution is -2.30. The van der Waals surface area contributed by atoms with Crippen LogP contribution in [0.4, 0.5) is 0 Å². The molecule has 3 nitrogen and oxygen atoms in total. The molecule has 0 heterocycles. The topological polar surface area (TPSA) is 52.5 Å². The highest BCUT2D eigenvalue weighted by atomic mass is 16.3. The second-order valence-electron chi connectivity index (χ2n) is 4.09. The van der Waals surface area contributed by atoms with E-state index in [9.17, 15) is 10.2 Å². The SMILES string of the molecule is CNCC(O)C(O)c1cccc2c1CC=C2. The Hall–Kier alpha value is -1.16. The maximum atomic E-state index is 10.1. The Bertz CT molecular complexity index is 401. The number of aliphatic hydroxyl groups is 2. The van der Waals surface area contributed by atoms with Crippen LogP contribution in [-0.4, -0.2) is 29.9 Å². The molecule has 2 atom stereocenters. The van der Waals surface area contributed by atoms with Crippen LogP contribution in [0.25, 0.3) is 6.08 Å². The third kappa shape index (κ3) is 2.02. The van der Waals surface area contributed by atoms with Crippen molar-refractivity contribution in [2.24, 2.45) is 0 Å². The molecule has 0 saturated carbocycles. The first-order valence-corrected chi connectivity index (χ1v) is 5.53. The third-order valence-corrected chi connectivity index (χ3v) is 2.96. The van der Waals surface area contributed by atoms with Crippen molar-refractivity contribution in [2.45, 2.75) is 18.6 Å². The fourth-order valence-corrected chi connectivity index (χ4v) is 2.12. The smallest absolute Gasteiger partial charge is 0.106 e. The molecule has 0 spiro atoms.